The van der Waals surface area contributed by atoms with E-state index in [4.69, 9.17) is 0 Å². The van der Waals surface area contributed by atoms with Crippen molar-refractivity contribution in [3.63, 3.8) is 0 Å². The van der Waals surface area contributed by atoms with E-state index in [1.165, 1.54) is 0 Å². The van der Waals surface area contributed by atoms with Gasteiger partial charge >= 0.3 is 0 Å². The molecule has 1 amide bonds. The number of nitrogens with zero attached hydrogens (tertiary/aromatic N) is 2. The summed E-state index contributed by atoms with van der Waals surface area (Å²) in [6.07, 6.45) is 0. The number of benzene rings is 1. The minimum atomic E-state index is 0.154. The van der Waals surface area contributed by atoms with Crippen molar-refractivity contribution in [1.82, 2.24) is 9.80 Å². The van der Waals surface area contributed by atoms with E-state index in [1.807, 2.05) is 49.1 Å². The highest BCUT2D eigenvalue weighted by Gasteiger charge is 2.26. The number of piperazine rings is 1. The number of rotatable bonds is 1. The second-order valence-electron chi connectivity index (χ2n) is 4.48. The highest BCUT2D eigenvalue weighted by Crippen LogP contribution is 2.12. The van der Waals surface area contributed by atoms with Crippen molar-refractivity contribution in [2.45, 2.75) is 26.8 Å². The average molecular weight is 248 g/mol. The van der Waals surface area contributed by atoms with Crippen LogP contribution in [0, 0.1) is 0 Å². The van der Waals surface area contributed by atoms with Crippen LogP contribution in [0.15, 0.2) is 30.3 Å². The summed E-state index contributed by atoms with van der Waals surface area (Å²) in [5.74, 6) is 0.154. The molecule has 2 rings (SSSR count). The summed E-state index contributed by atoms with van der Waals surface area (Å²) < 4.78 is 0. The number of hydrogen-bond donors (Lipinski definition) is 0. The van der Waals surface area contributed by atoms with Crippen LogP contribution in [0.5, 0.6) is 0 Å². The highest BCUT2D eigenvalue weighted by molar-refractivity contribution is 5.94. The zero-order valence-corrected chi connectivity index (χ0v) is 11.9. The first-order valence-electron chi connectivity index (χ1n) is 6.73. The van der Waals surface area contributed by atoms with Gasteiger partial charge in [-0.05, 0) is 26.1 Å². The van der Waals surface area contributed by atoms with Crippen molar-refractivity contribution in [2.75, 3.05) is 26.7 Å². The van der Waals surface area contributed by atoms with Gasteiger partial charge < -0.3 is 9.80 Å². The monoisotopic (exact) mass is 248 g/mol. The quantitative estimate of drug-likeness (QED) is 0.762. The molecule has 1 heterocycles. The summed E-state index contributed by atoms with van der Waals surface area (Å²) in [6, 6.07) is 9.82. The third kappa shape index (κ3) is 3.57. The Bertz CT molecular complexity index is 364. The number of hydrogen-bond acceptors (Lipinski definition) is 2. The second kappa shape index (κ2) is 7.17. The van der Waals surface area contributed by atoms with E-state index < -0.39 is 0 Å². The lowest BCUT2D eigenvalue weighted by Gasteiger charge is -2.38. The van der Waals surface area contributed by atoms with E-state index >= 15 is 0 Å². The molecule has 1 unspecified atom stereocenters. The number of carbonyl (C=O) groups excluding carboxylic acids is 1. The third-order valence-electron chi connectivity index (χ3n) is 3.11. The molecule has 3 nitrogen and oxygen atoms in total. The van der Waals surface area contributed by atoms with E-state index in [0.29, 0.717) is 6.04 Å². The van der Waals surface area contributed by atoms with Gasteiger partial charge in [0.25, 0.3) is 5.91 Å². The average Bonchev–Trinajstić information content (AvgIpc) is 2.41. The Kier molecular flexibility index (Phi) is 5.86. The second-order valence-corrected chi connectivity index (χ2v) is 4.48. The first-order chi connectivity index (χ1) is 8.68. The molecule has 1 aromatic carbocycles. The van der Waals surface area contributed by atoms with E-state index in [1.54, 1.807) is 0 Å². The summed E-state index contributed by atoms with van der Waals surface area (Å²) in [7, 11) is 2.10. The minimum absolute atomic E-state index is 0.154. The van der Waals surface area contributed by atoms with Crippen LogP contribution < -0.4 is 0 Å². The molecule has 0 N–H and O–H groups in total. The highest BCUT2D eigenvalue weighted by atomic mass is 16.2. The molecule has 0 saturated carbocycles. The molecule has 0 bridgehead atoms. The van der Waals surface area contributed by atoms with Crippen LogP contribution in [0.3, 0.4) is 0 Å². The zero-order valence-electron chi connectivity index (χ0n) is 11.9. The maximum atomic E-state index is 12.2. The Balaban J connectivity index is 0.000000771. The molecule has 0 aromatic heterocycles. The van der Waals surface area contributed by atoms with Gasteiger partial charge in [0.1, 0.15) is 0 Å². The van der Waals surface area contributed by atoms with Gasteiger partial charge in [0, 0.05) is 31.2 Å². The smallest absolute Gasteiger partial charge is 0.254 e. The summed E-state index contributed by atoms with van der Waals surface area (Å²) in [4.78, 5) is 16.5. The first-order valence-corrected chi connectivity index (χ1v) is 6.73. The van der Waals surface area contributed by atoms with Gasteiger partial charge in [0.15, 0.2) is 0 Å². The van der Waals surface area contributed by atoms with Crippen molar-refractivity contribution < 1.29 is 4.79 Å². The molecule has 0 radical (unpaired) electrons. The largest absolute Gasteiger partial charge is 0.333 e. The molecular weight excluding hydrogens is 224 g/mol. The predicted molar refractivity (Wildman–Crippen MR) is 75.8 cm³/mol. The molecule has 1 atom stereocenters. The van der Waals surface area contributed by atoms with Gasteiger partial charge in [0.05, 0.1) is 0 Å². The van der Waals surface area contributed by atoms with Gasteiger partial charge in [-0.2, -0.15) is 0 Å². The van der Waals surface area contributed by atoms with Gasteiger partial charge in [-0.1, -0.05) is 32.0 Å². The Morgan fingerprint density at radius 2 is 1.78 bits per heavy atom. The topological polar surface area (TPSA) is 23.6 Å². The fourth-order valence-electron chi connectivity index (χ4n) is 2.19. The molecule has 1 saturated heterocycles. The fraction of sp³-hybridized carbons (Fsp3) is 0.533. The summed E-state index contributed by atoms with van der Waals surface area (Å²) in [5, 5.41) is 0. The van der Waals surface area contributed by atoms with Crippen LogP contribution in [0.1, 0.15) is 31.1 Å². The van der Waals surface area contributed by atoms with Gasteiger partial charge in [-0.3, -0.25) is 4.79 Å². The van der Waals surface area contributed by atoms with E-state index in [-0.39, 0.29) is 5.91 Å². The standard InChI is InChI=1S/C13H18N2O.C2H6/c1-11-10-14(2)8-9-15(11)13(16)12-6-4-3-5-7-12;1-2/h3-7,11H,8-10H2,1-2H3;1-2H3. The van der Waals surface area contributed by atoms with Gasteiger partial charge in [-0.25, -0.2) is 0 Å². The maximum Gasteiger partial charge on any atom is 0.254 e. The van der Waals surface area contributed by atoms with Crippen LogP contribution >= 0.6 is 0 Å². The van der Waals surface area contributed by atoms with Crippen molar-refractivity contribution in [2.24, 2.45) is 0 Å². The molecule has 1 fully saturated rings. The summed E-state index contributed by atoms with van der Waals surface area (Å²) in [5.41, 5.74) is 0.791. The molecule has 3 heteroatoms. The molecular formula is C15H24N2O. The Morgan fingerprint density at radius 1 is 1.17 bits per heavy atom. The lowest BCUT2D eigenvalue weighted by Crippen LogP contribution is -2.52. The van der Waals surface area contributed by atoms with Crippen LogP contribution in [0.25, 0.3) is 0 Å². The number of carbonyl (C=O) groups is 1. The fourth-order valence-corrected chi connectivity index (χ4v) is 2.19. The van der Waals surface area contributed by atoms with Crippen molar-refractivity contribution >= 4 is 5.91 Å². The maximum absolute atomic E-state index is 12.2. The van der Waals surface area contributed by atoms with Gasteiger partial charge in [-0.15, -0.1) is 0 Å². The third-order valence-corrected chi connectivity index (χ3v) is 3.11. The van der Waals surface area contributed by atoms with E-state index in [2.05, 4.69) is 18.9 Å². The molecule has 0 aliphatic carbocycles. The van der Waals surface area contributed by atoms with Crippen LogP contribution in [0.4, 0.5) is 0 Å². The molecule has 1 aromatic rings. The van der Waals surface area contributed by atoms with Crippen molar-refractivity contribution in [3.8, 4) is 0 Å². The zero-order chi connectivity index (χ0) is 13.5. The summed E-state index contributed by atoms with van der Waals surface area (Å²) >= 11 is 0. The molecule has 0 spiro atoms. The van der Waals surface area contributed by atoms with E-state index in [0.717, 1.165) is 25.2 Å². The molecule has 1 aliphatic rings. The Hall–Kier alpha value is -1.35. The van der Waals surface area contributed by atoms with Crippen molar-refractivity contribution in [1.29, 1.82) is 0 Å². The lowest BCUT2D eigenvalue weighted by molar-refractivity contribution is 0.0533. The normalized spacial score (nSPS) is 20.0. The van der Waals surface area contributed by atoms with Crippen molar-refractivity contribution in [3.05, 3.63) is 35.9 Å². The Labute approximate surface area is 110 Å². The van der Waals surface area contributed by atoms with Crippen LogP contribution in [-0.2, 0) is 0 Å². The van der Waals surface area contributed by atoms with Crippen LogP contribution in [0.2, 0.25) is 0 Å². The molecule has 1 aliphatic heterocycles. The minimum Gasteiger partial charge on any atom is -0.333 e. The Morgan fingerprint density at radius 3 is 2.33 bits per heavy atom. The predicted octanol–water partition coefficient (Wildman–Crippen LogP) is 2.49. The van der Waals surface area contributed by atoms with Crippen LogP contribution in [-0.4, -0.2) is 48.4 Å². The van der Waals surface area contributed by atoms with E-state index in [9.17, 15) is 4.79 Å². The molecule has 18 heavy (non-hydrogen) atoms. The number of likely N-dealkylation sites (N-methyl/N-ethyl adjacent to an activating group) is 1. The SMILES string of the molecule is CC.CC1CN(C)CCN1C(=O)c1ccccc1. The first kappa shape index (κ1) is 14.7. The van der Waals surface area contributed by atoms with Gasteiger partial charge in [0.2, 0.25) is 0 Å². The summed E-state index contributed by atoms with van der Waals surface area (Å²) in [6.45, 7) is 8.85. The lowest BCUT2D eigenvalue weighted by atomic mass is 10.1. The number of amides is 1. The molecule has 100 valence electrons.